The molecule has 200 valence electrons. The Morgan fingerprint density at radius 2 is 0.875 bits per heavy atom. The van der Waals surface area contributed by atoms with E-state index in [1.54, 1.807) is 0 Å². The van der Waals surface area contributed by atoms with E-state index < -0.39 is 8.07 Å². The summed E-state index contributed by atoms with van der Waals surface area (Å²) in [5.41, 5.74) is 11.7. The minimum atomic E-state index is -2.53. The summed E-state index contributed by atoms with van der Waals surface area (Å²) >= 11 is 0. The van der Waals surface area contributed by atoms with E-state index in [0.29, 0.717) is 6.61 Å². The fraction of sp³-hybridized carbons (Fsp3) is 0.211. The molecule has 1 N–H and O–H groups in total. The average Bonchev–Trinajstić information content (AvgIpc) is 3.29. The molecule has 0 aliphatic carbocycles. The van der Waals surface area contributed by atoms with E-state index in [2.05, 4.69) is 139 Å². The minimum absolute atomic E-state index is 0.292. The molecule has 0 atom stereocenters. The predicted octanol–water partition coefficient (Wildman–Crippen LogP) is 9.25. The van der Waals surface area contributed by atoms with E-state index >= 15 is 0 Å². The molecule has 4 aromatic carbocycles. The standard InChI is InChI=1S/C38H38OSi/c1-40(30-20-6-4-2-3-5-19-29-39)37(33-25-15-9-16-26-33)35(31-21-11-7-12-22-31)36(32-23-13-8-14-24-32)38(40)34-27-17-10-18-28-34/h7-18,21-28,39H,2-6,19,29H2,1H3. The maximum absolute atomic E-state index is 9.08. The monoisotopic (exact) mass is 538 g/mol. The molecule has 0 saturated carbocycles. The van der Waals surface area contributed by atoms with Gasteiger partial charge in [-0.2, -0.15) is 0 Å². The van der Waals surface area contributed by atoms with E-state index in [1.807, 2.05) is 0 Å². The van der Waals surface area contributed by atoms with Crippen molar-refractivity contribution in [1.82, 2.24) is 0 Å². The highest BCUT2D eigenvalue weighted by atomic mass is 28.3. The number of unbranched alkanes of at least 4 members (excludes halogenated alkanes) is 5. The van der Waals surface area contributed by atoms with Crippen molar-refractivity contribution in [3.05, 3.63) is 144 Å². The van der Waals surface area contributed by atoms with Crippen LogP contribution in [0.25, 0.3) is 21.5 Å². The predicted molar refractivity (Wildman–Crippen MR) is 174 cm³/mol. The molecule has 0 bridgehead atoms. The number of hydrogen-bond donors (Lipinski definition) is 1. The zero-order chi connectivity index (χ0) is 27.6. The quantitative estimate of drug-likeness (QED) is 0.121. The van der Waals surface area contributed by atoms with Gasteiger partial charge in [-0.15, -0.1) is 11.5 Å². The van der Waals surface area contributed by atoms with E-state index in [-0.39, 0.29) is 0 Å². The van der Waals surface area contributed by atoms with E-state index in [4.69, 9.17) is 5.11 Å². The Kier molecular flexibility index (Phi) is 9.29. The molecule has 0 unspecified atom stereocenters. The van der Waals surface area contributed by atoms with Crippen LogP contribution in [0.4, 0.5) is 0 Å². The van der Waals surface area contributed by atoms with Crippen LogP contribution in [0, 0.1) is 11.5 Å². The first-order valence-electron chi connectivity index (χ1n) is 14.6. The third-order valence-electron chi connectivity index (χ3n) is 7.80. The number of allylic oxidation sites excluding steroid dienone is 2. The zero-order valence-corrected chi connectivity index (χ0v) is 24.4. The molecule has 1 nitrogen and oxygen atoms in total. The fourth-order valence-electron chi connectivity index (χ4n) is 5.96. The number of aliphatic hydroxyl groups excluding tert-OH is 1. The molecule has 0 saturated heterocycles. The van der Waals surface area contributed by atoms with Gasteiger partial charge in [-0.1, -0.05) is 147 Å². The second-order valence-electron chi connectivity index (χ2n) is 10.6. The van der Waals surface area contributed by atoms with Crippen LogP contribution in [0.15, 0.2) is 121 Å². The largest absolute Gasteiger partial charge is 0.396 e. The SMILES string of the molecule is C[Si]1(C#CCCCCCCCO)C(c2ccccc2)=C(c2ccccc2)C(c2ccccc2)=C1c1ccccc1. The summed E-state index contributed by atoms with van der Waals surface area (Å²) in [5, 5.41) is 11.9. The molecule has 2 heteroatoms. The van der Waals surface area contributed by atoms with Gasteiger partial charge in [0.15, 0.2) is 8.07 Å². The van der Waals surface area contributed by atoms with Gasteiger partial charge in [0, 0.05) is 13.0 Å². The summed E-state index contributed by atoms with van der Waals surface area (Å²) in [6.45, 7) is 2.76. The lowest BCUT2D eigenvalue weighted by atomic mass is 9.89. The van der Waals surface area contributed by atoms with Gasteiger partial charge in [-0.25, -0.2) is 0 Å². The number of hydrogen-bond acceptors (Lipinski definition) is 1. The lowest BCUT2D eigenvalue weighted by Gasteiger charge is -2.25. The molecular weight excluding hydrogens is 501 g/mol. The Labute approximate surface area is 241 Å². The van der Waals surface area contributed by atoms with E-state index in [0.717, 1.165) is 32.1 Å². The Hall–Kier alpha value is -3.90. The van der Waals surface area contributed by atoms with Gasteiger partial charge >= 0.3 is 0 Å². The lowest BCUT2D eigenvalue weighted by Crippen LogP contribution is -2.31. The van der Waals surface area contributed by atoms with Gasteiger partial charge < -0.3 is 5.11 Å². The van der Waals surface area contributed by atoms with Crippen molar-refractivity contribution in [3.8, 4) is 11.5 Å². The highest BCUT2D eigenvalue weighted by Gasteiger charge is 2.46. The Morgan fingerprint density at radius 1 is 0.500 bits per heavy atom. The third-order valence-corrected chi connectivity index (χ3v) is 11.6. The minimum Gasteiger partial charge on any atom is -0.396 e. The molecule has 0 radical (unpaired) electrons. The molecule has 1 heterocycles. The van der Waals surface area contributed by atoms with Gasteiger partial charge in [0.1, 0.15) is 0 Å². The van der Waals surface area contributed by atoms with Crippen molar-refractivity contribution in [2.45, 2.75) is 45.1 Å². The van der Waals surface area contributed by atoms with Crippen LogP contribution in [-0.4, -0.2) is 19.8 Å². The highest BCUT2D eigenvalue weighted by Crippen LogP contribution is 2.55. The zero-order valence-electron chi connectivity index (χ0n) is 23.4. The fourth-order valence-corrected chi connectivity index (χ4v) is 9.96. The molecular formula is C38H38OSi. The summed E-state index contributed by atoms with van der Waals surface area (Å²) in [5.74, 6) is 3.70. The van der Waals surface area contributed by atoms with E-state index in [9.17, 15) is 0 Å². The average molecular weight is 539 g/mol. The lowest BCUT2D eigenvalue weighted by molar-refractivity contribution is 0.282. The van der Waals surface area contributed by atoms with Crippen LogP contribution in [0.5, 0.6) is 0 Å². The maximum atomic E-state index is 9.08. The summed E-state index contributed by atoms with van der Waals surface area (Å²) < 4.78 is 0. The van der Waals surface area contributed by atoms with Crippen molar-refractivity contribution in [2.75, 3.05) is 6.61 Å². The number of rotatable bonds is 10. The van der Waals surface area contributed by atoms with Crippen LogP contribution in [0.2, 0.25) is 6.55 Å². The Bertz CT molecular complexity index is 1410. The number of aliphatic hydroxyl groups is 1. The van der Waals surface area contributed by atoms with Crippen LogP contribution in [0.3, 0.4) is 0 Å². The first-order valence-corrected chi connectivity index (χ1v) is 17.1. The summed E-state index contributed by atoms with van der Waals surface area (Å²) in [6, 6.07) is 43.7. The van der Waals surface area contributed by atoms with Gasteiger partial charge in [-0.3, -0.25) is 0 Å². The van der Waals surface area contributed by atoms with Crippen molar-refractivity contribution >= 4 is 29.6 Å². The van der Waals surface area contributed by atoms with Gasteiger partial charge in [0.2, 0.25) is 0 Å². The first-order chi connectivity index (χ1) is 19.7. The second-order valence-corrected chi connectivity index (χ2v) is 14.1. The van der Waals surface area contributed by atoms with Gasteiger partial charge in [0.05, 0.1) is 0 Å². The van der Waals surface area contributed by atoms with Crippen molar-refractivity contribution in [2.24, 2.45) is 0 Å². The summed E-state index contributed by atoms with van der Waals surface area (Å²) in [7, 11) is -2.53. The summed E-state index contributed by atoms with van der Waals surface area (Å²) in [4.78, 5) is 0. The molecule has 1 aliphatic rings. The number of benzene rings is 4. The highest BCUT2D eigenvalue weighted by molar-refractivity contribution is 7.18. The van der Waals surface area contributed by atoms with Crippen LogP contribution < -0.4 is 0 Å². The first kappa shape index (κ1) is 27.7. The Morgan fingerprint density at radius 3 is 1.30 bits per heavy atom. The molecule has 0 fully saturated rings. The molecule has 40 heavy (non-hydrogen) atoms. The molecule has 0 aromatic heterocycles. The molecule has 4 aromatic rings. The maximum Gasteiger partial charge on any atom is 0.198 e. The Balaban J connectivity index is 1.73. The molecule has 0 spiro atoms. The molecule has 5 rings (SSSR count). The van der Waals surface area contributed by atoms with Crippen molar-refractivity contribution in [1.29, 1.82) is 0 Å². The summed E-state index contributed by atoms with van der Waals surface area (Å²) in [6.07, 6.45) is 6.34. The van der Waals surface area contributed by atoms with Crippen LogP contribution in [-0.2, 0) is 0 Å². The topological polar surface area (TPSA) is 20.2 Å². The smallest absolute Gasteiger partial charge is 0.198 e. The van der Waals surface area contributed by atoms with Gasteiger partial charge in [-0.05, 0) is 56.6 Å². The molecule has 0 amide bonds. The molecule has 1 aliphatic heterocycles. The van der Waals surface area contributed by atoms with Crippen molar-refractivity contribution < 1.29 is 5.11 Å². The van der Waals surface area contributed by atoms with Crippen LogP contribution in [0.1, 0.15) is 60.8 Å². The van der Waals surface area contributed by atoms with Gasteiger partial charge in [0.25, 0.3) is 0 Å². The second kappa shape index (κ2) is 13.4. The van der Waals surface area contributed by atoms with Crippen LogP contribution >= 0.6 is 0 Å². The van der Waals surface area contributed by atoms with Crippen molar-refractivity contribution in [3.63, 3.8) is 0 Å². The third kappa shape index (κ3) is 5.97. The normalized spacial score (nSPS) is 14.2. The van der Waals surface area contributed by atoms with E-state index in [1.165, 1.54) is 50.2 Å².